The lowest BCUT2D eigenvalue weighted by Crippen LogP contribution is -2.31. The Hall–Kier alpha value is -1.91. The molecule has 172 valence electrons. The number of methoxy groups -OCH3 is 3. The van der Waals surface area contributed by atoms with Crippen molar-refractivity contribution in [3.63, 3.8) is 0 Å². The lowest BCUT2D eigenvalue weighted by atomic mass is 9.85. The highest BCUT2D eigenvalue weighted by Crippen LogP contribution is 2.40. The third-order valence-corrected chi connectivity index (χ3v) is 5.72. The van der Waals surface area contributed by atoms with Crippen molar-refractivity contribution in [3.05, 3.63) is 12.1 Å². The maximum absolute atomic E-state index is 13.0. The number of ether oxygens (including phenoxy) is 3. The molecular weight excluding hydrogens is 378 g/mol. The minimum Gasteiger partial charge on any atom is -0.496 e. The van der Waals surface area contributed by atoms with Crippen molar-refractivity contribution < 1.29 is 19.0 Å². The molecule has 1 aromatic carbocycles. The maximum Gasteiger partial charge on any atom is 0.230 e. The Morgan fingerprint density at radius 2 is 1.27 bits per heavy atom. The van der Waals surface area contributed by atoms with Gasteiger partial charge in [0.25, 0.3) is 0 Å². The fourth-order valence-corrected chi connectivity index (χ4v) is 3.58. The zero-order valence-electron chi connectivity index (χ0n) is 20.1. The molecule has 0 saturated carbocycles. The summed E-state index contributed by atoms with van der Waals surface area (Å²) in [5.74, 6) is 1.63. The predicted molar refractivity (Wildman–Crippen MR) is 125 cm³/mol. The smallest absolute Gasteiger partial charge is 0.230 e. The first-order chi connectivity index (χ1) is 14.4. The Kier molecular flexibility index (Phi) is 12.3. The van der Waals surface area contributed by atoms with E-state index in [4.69, 9.17) is 14.2 Å². The molecule has 5 heteroatoms. The first-order valence-corrected chi connectivity index (χ1v) is 11.5. The van der Waals surface area contributed by atoms with Crippen LogP contribution in [0.5, 0.6) is 17.2 Å². The van der Waals surface area contributed by atoms with Gasteiger partial charge in [0.1, 0.15) is 22.9 Å². The fourth-order valence-electron chi connectivity index (χ4n) is 3.58. The van der Waals surface area contributed by atoms with E-state index in [2.05, 4.69) is 12.2 Å². The summed E-state index contributed by atoms with van der Waals surface area (Å²) in [4.78, 5) is 13.0. The highest BCUT2D eigenvalue weighted by molar-refractivity contribution is 5.97. The van der Waals surface area contributed by atoms with Gasteiger partial charge >= 0.3 is 0 Å². The molecule has 0 heterocycles. The minimum absolute atomic E-state index is 0.0276. The molecule has 0 aliphatic rings. The topological polar surface area (TPSA) is 56.8 Å². The van der Waals surface area contributed by atoms with Gasteiger partial charge < -0.3 is 19.5 Å². The van der Waals surface area contributed by atoms with Crippen LogP contribution in [0, 0.1) is 5.41 Å². The average Bonchev–Trinajstić information content (AvgIpc) is 2.74. The predicted octanol–water partition coefficient (Wildman–Crippen LogP) is 6.99. The number of hydrogen-bond donors (Lipinski definition) is 1. The molecule has 30 heavy (non-hydrogen) atoms. The van der Waals surface area contributed by atoms with E-state index in [9.17, 15) is 4.79 Å². The Labute approximate surface area is 183 Å². The number of anilines is 1. The fraction of sp³-hybridized carbons (Fsp3) is 0.720. The molecule has 0 spiro atoms. The number of rotatable bonds is 16. The normalized spacial score (nSPS) is 11.3. The highest BCUT2D eigenvalue weighted by atomic mass is 16.5. The SMILES string of the molecule is CCCCCCCCCCCCC(C)(C)C(=O)Nc1c(OC)cc(OC)cc1OC. The van der Waals surface area contributed by atoms with E-state index in [1.165, 1.54) is 57.8 Å². The molecular formula is C25H43NO4. The van der Waals surface area contributed by atoms with Crippen LogP contribution in [0.3, 0.4) is 0 Å². The van der Waals surface area contributed by atoms with Gasteiger partial charge in [0, 0.05) is 17.5 Å². The molecule has 0 saturated heterocycles. The number of amides is 1. The second-order valence-corrected chi connectivity index (χ2v) is 8.68. The summed E-state index contributed by atoms with van der Waals surface area (Å²) in [6.45, 7) is 6.25. The molecule has 0 aliphatic heterocycles. The third kappa shape index (κ3) is 8.85. The standard InChI is InChI=1S/C25H43NO4/c1-7-8-9-10-11-12-13-14-15-16-17-25(2,3)24(27)26-23-21(29-5)18-20(28-4)19-22(23)30-6/h18-19H,7-17H2,1-6H3,(H,26,27). The summed E-state index contributed by atoms with van der Waals surface area (Å²) in [6.07, 6.45) is 13.8. The molecule has 0 radical (unpaired) electrons. The quantitative estimate of drug-likeness (QED) is 0.292. The van der Waals surface area contributed by atoms with Gasteiger partial charge in [-0.25, -0.2) is 0 Å². The number of hydrogen-bond acceptors (Lipinski definition) is 4. The molecule has 1 N–H and O–H groups in total. The number of carbonyl (C=O) groups is 1. The molecule has 1 rings (SSSR count). The van der Waals surface area contributed by atoms with Crippen molar-refractivity contribution in [2.24, 2.45) is 5.41 Å². The number of benzene rings is 1. The first kappa shape index (κ1) is 26.1. The summed E-state index contributed by atoms with van der Waals surface area (Å²) in [7, 11) is 4.72. The molecule has 0 aliphatic carbocycles. The van der Waals surface area contributed by atoms with Gasteiger partial charge in [-0.05, 0) is 6.42 Å². The second kappa shape index (κ2) is 14.2. The van der Waals surface area contributed by atoms with Crippen LogP contribution in [0.4, 0.5) is 5.69 Å². The Balaban J connectivity index is 2.47. The van der Waals surface area contributed by atoms with E-state index < -0.39 is 5.41 Å². The Morgan fingerprint density at radius 3 is 1.70 bits per heavy atom. The van der Waals surface area contributed by atoms with Crippen molar-refractivity contribution in [2.75, 3.05) is 26.6 Å². The third-order valence-electron chi connectivity index (χ3n) is 5.72. The molecule has 0 unspecified atom stereocenters. The zero-order chi connectivity index (χ0) is 22.4. The summed E-state index contributed by atoms with van der Waals surface area (Å²) < 4.78 is 16.1. The Morgan fingerprint density at radius 1 is 0.800 bits per heavy atom. The maximum atomic E-state index is 13.0. The first-order valence-electron chi connectivity index (χ1n) is 11.5. The van der Waals surface area contributed by atoms with Gasteiger partial charge in [-0.2, -0.15) is 0 Å². The minimum atomic E-state index is -0.462. The molecule has 1 amide bonds. The largest absolute Gasteiger partial charge is 0.496 e. The summed E-state index contributed by atoms with van der Waals surface area (Å²) in [5.41, 5.74) is 0.0813. The van der Waals surface area contributed by atoms with Gasteiger partial charge in [0.05, 0.1) is 21.3 Å². The molecule has 1 aromatic rings. The summed E-state index contributed by atoms with van der Waals surface area (Å²) in [5, 5.41) is 3.01. The van der Waals surface area contributed by atoms with Gasteiger partial charge in [-0.15, -0.1) is 0 Å². The lowest BCUT2D eigenvalue weighted by molar-refractivity contribution is -0.124. The molecule has 5 nitrogen and oxygen atoms in total. The van der Waals surface area contributed by atoms with Crippen LogP contribution in [0.1, 0.15) is 91.4 Å². The van der Waals surface area contributed by atoms with E-state index in [1.807, 2.05) is 13.8 Å². The van der Waals surface area contributed by atoms with Crippen molar-refractivity contribution in [1.29, 1.82) is 0 Å². The van der Waals surface area contributed by atoms with Crippen LogP contribution in [-0.2, 0) is 4.79 Å². The highest BCUT2D eigenvalue weighted by Gasteiger charge is 2.29. The average molecular weight is 422 g/mol. The van der Waals surface area contributed by atoms with E-state index in [0.29, 0.717) is 22.9 Å². The van der Waals surface area contributed by atoms with E-state index in [0.717, 1.165) is 12.8 Å². The van der Waals surface area contributed by atoms with Gasteiger partial charge in [-0.1, -0.05) is 85.0 Å². The van der Waals surface area contributed by atoms with Crippen LogP contribution in [0.15, 0.2) is 12.1 Å². The zero-order valence-corrected chi connectivity index (χ0v) is 20.1. The number of nitrogens with one attached hydrogen (secondary N) is 1. The van der Waals surface area contributed by atoms with Crippen molar-refractivity contribution in [2.45, 2.75) is 91.4 Å². The van der Waals surface area contributed by atoms with Crippen LogP contribution >= 0.6 is 0 Å². The Bertz CT molecular complexity index is 603. The van der Waals surface area contributed by atoms with Gasteiger partial charge in [0.2, 0.25) is 5.91 Å². The van der Waals surface area contributed by atoms with Crippen molar-refractivity contribution >= 4 is 11.6 Å². The molecule has 0 aromatic heterocycles. The number of unbranched alkanes of at least 4 members (excludes halogenated alkanes) is 9. The lowest BCUT2D eigenvalue weighted by Gasteiger charge is -2.25. The van der Waals surface area contributed by atoms with E-state index >= 15 is 0 Å². The van der Waals surface area contributed by atoms with Crippen LogP contribution in [0.2, 0.25) is 0 Å². The van der Waals surface area contributed by atoms with Crippen molar-refractivity contribution in [1.82, 2.24) is 0 Å². The van der Waals surface area contributed by atoms with Gasteiger partial charge in [0.15, 0.2) is 0 Å². The van der Waals surface area contributed by atoms with Crippen LogP contribution in [0.25, 0.3) is 0 Å². The van der Waals surface area contributed by atoms with Crippen LogP contribution in [-0.4, -0.2) is 27.2 Å². The second-order valence-electron chi connectivity index (χ2n) is 8.68. The van der Waals surface area contributed by atoms with E-state index in [-0.39, 0.29) is 5.91 Å². The van der Waals surface area contributed by atoms with Crippen LogP contribution < -0.4 is 19.5 Å². The molecule has 0 atom stereocenters. The van der Waals surface area contributed by atoms with Gasteiger partial charge in [-0.3, -0.25) is 4.79 Å². The van der Waals surface area contributed by atoms with Crippen molar-refractivity contribution in [3.8, 4) is 17.2 Å². The van der Waals surface area contributed by atoms with E-state index in [1.54, 1.807) is 33.5 Å². The summed E-state index contributed by atoms with van der Waals surface area (Å²) in [6, 6.07) is 3.49. The molecule has 0 bridgehead atoms. The monoisotopic (exact) mass is 421 g/mol. The molecule has 0 fully saturated rings. The summed E-state index contributed by atoms with van der Waals surface area (Å²) >= 11 is 0. The number of carbonyl (C=O) groups excluding carboxylic acids is 1.